The topological polar surface area (TPSA) is 188 Å². The second-order valence-electron chi connectivity index (χ2n) is 10.8. The molecule has 0 unspecified atom stereocenters. The minimum absolute atomic E-state index is 0.0933. The van der Waals surface area contributed by atoms with Crippen molar-refractivity contribution >= 4 is 51.1 Å². The van der Waals surface area contributed by atoms with Crippen LogP contribution in [0.3, 0.4) is 0 Å². The van der Waals surface area contributed by atoms with Gasteiger partial charge in [0.2, 0.25) is 29.5 Å². The summed E-state index contributed by atoms with van der Waals surface area (Å²) in [5, 5.41) is 15.1. The van der Waals surface area contributed by atoms with Gasteiger partial charge in [-0.3, -0.25) is 24.0 Å². The molecule has 1 aliphatic rings. The molecule has 1 saturated heterocycles. The van der Waals surface area contributed by atoms with Gasteiger partial charge in [-0.15, -0.1) is 0 Å². The number of nitrogens with one attached hydrogen (secondary N) is 2. The lowest BCUT2D eigenvalue weighted by atomic mass is 9.96. The number of amides is 5. The molecule has 2 aromatic rings. The minimum Gasteiger partial charge on any atom is -0.508 e. The minimum atomic E-state index is -1.04. The van der Waals surface area contributed by atoms with Crippen molar-refractivity contribution < 1.29 is 29.1 Å². The van der Waals surface area contributed by atoms with E-state index in [1.807, 2.05) is 44.2 Å². The summed E-state index contributed by atoms with van der Waals surface area (Å²) in [5.74, 6) is -2.51. The van der Waals surface area contributed by atoms with Crippen molar-refractivity contribution in [1.82, 2.24) is 20.4 Å². The predicted octanol–water partition coefficient (Wildman–Crippen LogP) is 0.257. The van der Waals surface area contributed by atoms with Crippen molar-refractivity contribution in [1.29, 1.82) is 0 Å². The van der Waals surface area contributed by atoms with Crippen molar-refractivity contribution in [2.24, 2.45) is 11.5 Å². The summed E-state index contributed by atoms with van der Waals surface area (Å²) in [6, 6.07) is 8.36. The van der Waals surface area contributed by atoms with E-state index in [0.29, 0.717) is 0 Å². The monoisotopic (exact) mass is 644 g/mol. The van der Waals surface area contributed by atoms with Crippen LogP contribution < -0.4 is 22.1 Å². The van der Waals surface area contributed by atoms with Gasteiger partial charge < -0.3 is 37.0 Å². The fourth-order valence-corrected chi connectivity index (χ4v) is 7.33. The number of nitrogens with two attached hydrogens (primary N) is 2. The second kappa shape index (κ2) is 15.8. The van der Waals surface area contributed by atoms with Crippen LogP contribution in [0.5, 0.6) is 5.75 Å². The Bertz CT molecular complexity index is 1350. The summed E-state index contributed by atoms with van der Waals surface area (Å²) in [6.45, 7) is 3.21. The maximum atomic E-state index is 13.6. The smallest absolute Gasteiger partial charge is 0.246 e. The molecule has 238 valence electrons. The lowest BCUT2D eigenvalue weighted by molar-refractivity contribution is -0.146. The van der Waals surface area contributed by atoms with E-state index < -0.39 is 60.2 Å². The number of benzene rings is 2. The number of carbonyl (C=O) groups is 5. The molecular weight excluding hydrogens is 605 g/mol. The van der Waals surface area contributed by atoms with Crippen LogP contribution in [0.2, 0.25) is 0 Å². The van der Waals surface area contributed by atoms with Gasteiger partial charge >= 0.3 is 0 Å². The van der Waals surface area contributed by atoms with Crippen LogP contribution in [-0.2, 0) is 36.8 Å². The van der Waals surface area contributed by atoms with Crippen molar-refractivity contribution in [3.05, 3.63) is 64.7 Å². The van der Waals surface area contributed by atoms with Gasteiger partial charge in [0.25, 0.3) is 0 Å². The van der Waals surface area contributed by atoms with E-state index in [1.165, 1.54) is 45.5 Å². The molecule has 0 aromatic heterocycles. The molecule has 7 N–H and O–H groups in total. The number of hydrogen-bond donors (Lipinski definition) is 5. The van der Waals surface area contributed by atoms with Crippen LogP contribution in [0.15, 0.2) is 42.5 Å². The molecule has 44 heavy (non-hydrogen) atoms. The summed E-state index contributed by atoms with van der Waals surface area (Å²) < 4.78 is 0. The van der Waals surface area contributed by atoms with Crippen molar-refractivity contribution in [3.63, 3.8) is 0 Å². The first kappa shape index (κ1) is 34.7. The number of aryl methyl sites for hydroxylation is 2. The molecule has 1 heterocycles. The Morgan fingerprint density at radius 3 is 2.27 bits per heavy atom. The van der Waals surface area contributed by atoms with Gasteiger partial charge in [-0.25, -0.2) is 0 Å². The van der Waals surface area contributed by atoms with Crippen molar-refractivity contribution in [2.75, 3.05) is 32.1 Å². The van der Waals surface area contributed by atoms with E-state index >= 15 is 0 Å². The Morgan fingerprint density at radius 2 is 1.66 bits per heavy atom. The number of primary amides is 1. The zero-order chi connectivity index (χ0) is 32.6. The fourth-order valence-electron chi connectivity index (χ4n) is 4.88. The normalized spacial score (nSPS) is 21.3. The van der Waals surface area contributed by atoms with Crippen LogP contribution in [-0.4, -0.2) is 101 Å². The van der Waals surface area contributed by atoms with Crippen LogP contribution in [0, 0.1) is 13.8 Å². The number of hydrogen-bond acceptors (Lipinski definition) is 9. The zero-order valence-electron chi connectivity index (χ0n) is 25.2. The van der Waals surface area contributed by atoms with E-state index in [0.717, 1.165) is 22.3 Å². The van der Waals surface area contributed by atoms with Crippen LogP contribution in [0.4, 0.5) is 0 Å². The maximum Gasteiger partial charge on any atom is 0.246 e. The average molecular weight is 645 g/mol. The maximum absolute atomic E-state index is 13.6. The number of aromatic hydroxyl groups is 1. The molecule has 0 saturated carbocycles. The van der Waals surface area contributed by atoms with Gasteiger partial charge in [-0.05, 0) is 54.7 Å². The van der Waals surface area contributed by atoms with E-state index in [1.54, 1.807) is 12.1 Å². The Kier molecular flexibility index (Phi) is 12.5. The van der Waals surface area contributed by atoms with Crippen LogP contribution in [0.25, 0.3) is 0 Å². The first-order valence-corrected chi connectivity index (χ1v) is 16.5. The van der Waals surface area contributed by atoms with E-state index in [9.17, 15) is 29.1 Å². The number of rotatable bonds is 7. The van der Waals surface area contributed by atoms with Crippen LogP contribution in [0.1, 0.15) is 22.3 Å². The predicted molar refractivity (Wildman–Crippen MR) is 172 cm³/mol. The average Bonchev–Trinajstić information content (AvgIpc) is 2.98. The largest absolute Gasteiger partial charge is 0.508 e. The van der Waals surface area contributed by atoms with E-state index in [-0.39, 0.29) is 30.1 Å². The van der Waals surface area contributed by atoms with Crippen molar-refractivity contribution in [3.8, 4) is 5.75 Å². The highest BCUT2D eigenvalue weighted by molar-refractivity contribution is 8.76. The zero-order valence-corrected chi connectivity index (χ0v) is 26.9. The second-order valence-corrected chi connectivity index (χ2v) is 13.3. The molecular formula is C30H40N6O6S2. The van der Waals surface area contributed by atoms with Gasteiger partial charge in [0.15, 0.2) is 0 Å². The molecule has 0 aliphatic carbocycles. The van der Waals surface area contributed by atoms with Crippen LogP contribution >= 0.6 is 21.6 Å². The molecule has 14 heteroatoms. The molecule has 1 aliphatic heterocycles. The molecule has 0 bridgehead atoms. The van der Waals surface area contributed by atoms with Gasteiger partial charge in [0.05, 0.1) is 12.6 Å². The summed E-state index contributed by atoms with van der Waals surface area (Å²) in [4.78, 5) is 68.1. The van der Waals surface area contributed by atoms with E-state index in [4.69, 9.17) is 11.5 Å². The van der Waals surface area contributed by atoms with Gasteiger partial charge in [-0.1, -0.05) is 51.9 Å². The summed E-state index contributed by atoms with van der Waals surface area (Å²) >= 11 is 0. The fraction of sp³-hybridized carbons (Fsp3) is 0.433. The SMILES string of the molecule is Cc1cc(O)cc(C)c1C[C@H](N)C(=O)N[C@@H]1CSSC[C@@H](C(N)=O)N(C)C(=O)[C@H](Cc2ccccc2)N(C)C(=O)CNC1=O. The summed E-state index contributed by atoms with van der Waals surface area (Å²) in [6.07, 6.45) is 0.372. The first-order valence-electron chi connectivity index (χ1n) is 14.0. The highest BCUT2D eigenvalue weighted by Gasteiger charge is 2.35. The molecule has 12 nitrogen and oxygen atoms in total. The standard InChI is InChI=1S/C30H40N6O6S2/c1-17-10-20(37)11-18(2)21(17)13-22(31)28(40)34-23-15-43-44-16-25(27(32)39)36(4)30(42)24(12-19-8-6-5-7-9-19)35(3)26(38)14-33-29(23)41/h5-11,22-25,37H,12-16,31H2,1-4H3,(H2,32,39)(H,33,41)(H,34,40)/t22-,23+,24-,25-/m0/s1. The third kappa shape index (κ3) is 9.13. The van der Waals surface area contributed by atoms with Gasteiger partial charge in [0.1, 0.15) is 23.9 Å². The van der Waals surface area contributed by atoms with Crippen molar-refractivity contribution in [2.45, 2.75) is 50.9 Å². The Balaban J connectivity index is 1.80. The quantitative estimate of drug-likeness (QED) is 0.263. The van der Waals surface area contributed by atoms with E-state index in [2.05, 4.69) is 10.6 Å². The molecule has 5 amide bonds. The molecule has 0 spiro atoms. The molecule has 4 atom stereocenters. The summed E-state index contributed by atoms with van der Waals surface area (Å²) in [7, 11) is 5.40. The highest BCUT2D eigenvalue weighted by Crippen LogP contribution is 2.26. The molecule has 0 radical (unpaired) electrons. The summed E-state index contributed by atoms with van der Waals surface area (Å²) in [5.41, 5.74) is 15.1. The lowest BCUT2D eigenvalue weighted by Crippen LogP contribution is -2.57. The molecule has 2 aromatic carbocycles. The lowest BCUT2D eigenvalue weighted by Gasteiger charge is -2.34. The van der Waals surface area contributed by atoms with Gasteiger partial charge in [-0.2, -0.15) is 0 Å². The number of carbonyl (C=O) groups excluding carboxylic acids is 5. The number of likely N-dealkylation sites (N-methyl/N-ethyl adjacent to an activating group) is 2. The Morgan fingerprint density at radius 1 is 1.05 bits per heavy atom. The number of phenolic OH excluding ortho intramolecular Hbond substituents is 1. The first-order chi connectivity index (χ1) is 20.8. The third-order valence-electron chi connectivity index (χ3n) is 7.59. The Labute approximate surface area is 265 Å². The molecule has 3 rings (SSSR count). The Hall–Kier alpha value is -3.75. The number of nitrogens with zero attached hydrogens (tertiary/aromatic N) is 2. The number of phenols is 1. The van der Waals surface area contributed by atoms with Gasteiger partial charge in [0, 0.05) is 32.0 Å². The third-order valence-corrected chi connectivity index (χ3v) is 10.00. The highest BCUT2D eigenvalue weighted by atomic mass is 33.1. The molecule has 1 fully saturated rings.